The summed E-state index contributed by atoms with van der Waals surface area (Å²) in [6.07, 6.45) is 4.12. The van der Waals surface area contributed by atoms with Gasteiger partial charge in [0.1, 0.15) is 30.5 Å². The molecule has 7 nitrogen and oxygen atoms in total. The molecule has 2 aromatic heterocycles. The zero-order valence-electron chi connectivity index (χ0n) is 15.1. The number of amides is 1. The summed E-state index contributed by atoms with van der Waals surface area (Å²) in [6, 6.07) is 12.2. The Hall–Kier alpha value is -2.93. The molecule has 2 aliphatic heterocycles. The number of likely N-dealkylation sites (N-methyl/N-ethyl adjacent to an activating group) is 1. The first-order valence-corrected chi connectivity index (χ1v) is 9.17. The molecule has 1 amide bonds. The maximum Gasteiger partial charge on any atom is 0.249 e. The Morgan fingerprint density at radius 2 is 2.07 bits per heavy atom. The molecule has 3 aromatic rings. The van der Waals surface area contributed by atoms with Crippen molar-refractivity contribution in [2.24, 2.45) is 0 Å². The molecule has 0 unspecified atom stereocenters. The molecule has 27 heavy (non-hydrogen) atoms. The van der Waals surface area contributed by atoms with Crippen molar-refractivity contribution >= 4 is 22.8 Å². The van der Waals surface area contributed by atoms with E-state index < -0.39 is 5.54 Å². The molecule has 0 aliphatic carbocycles. The summed E-state index contributed by atoms with van der Waals surface area (Å²) in [4.78, 5) is 28.6. The van der Waals surface area contributed by atoms with E-state index in [1.54, 1.807) is 6.33 Å². The lowest BCUT2D eigenvalue weighted by molar-refractivity contribution is -0.173. The van der Waals surface area contributed by atoms with E-state index in [0.29, 0.717) is 6.54 Å². The van der Waals surface area contributed by atoms with Gasteiger partial charge in [0.25, 0.3) is 0 Å². The van der Waals surface area contributed by atoms with Gasteiger partial charge in [0, 0.05) is 26.3 Å². The second-order valence-corrected chi connectivity index (χ2v) is 7.18. The number of rotatable bonds is 2. The molecular formula is C20H21N5O2. The van der Waals surface area contributed by atoms with Crippen molar-refractivity contribution in [3.63, 3.8) is 0 Å². The van der Waals surface area contributed by atoms with Gasteiger partial charge >= 0.3 is 0 Å². The number of piperidine rings is 1. The molecule has 4 heterocycles. The van der Waals surface area contributed by atoms with Crippen molar-refractivity contribution in [1.82, 2.24) is 19.9 Å². The lowest BCUT2D eigenvalue weighted by Crippen LogP contribution is -2.67. The van der Waals surface area contributed by atoms with Gasteiger partial charge in [-0.1, -0.05) is 30.3 Å². The summed E-state index contributed by atoms with van der Waals surface area (Å²) < 4.78 is 6.08. The van der Waals surface area contributed by atoms with E-state index in [1.807, 2.05) is 42.4 Å². The van der Waals surface area contributed by atoms with Crippen LogP contribution in [0.2, 0.25) is 0 Å². The van der Waals surface area contributed by atoms with Gasteiger partial charge in [-0.3, -0.25) is 4.79 Å². The number of hydrogen-bond donors (Lipinski definition) is 1. The summed E-state index contributed by atoms with van der Waals surface area (Å²) in [5.41, 5.74) is 1.51. The van der Waals surface area contributed by atoms with Gasteiger partial charge in [0.15, 0.2) is 0 Å². The van der Waals surface area contributed by atoms with Gasteiger partial charge in [-0.05, 0) is 18.1 Å². The molecule has 0 spiro atoms. The van der Waals surface area contributed by atoms with Crippen LogP contribution in [0.5, 0.6) is 0 Å². The van der Waals surface area contributed by atoms with Crippen molar-refractivity contribution in [3.8, 4) is 0 Å². The molecule has 0 radical (unpaired) electrons. The average Bonchev–Trinajstić information content (AvgIpc) is 3.20. The molecular weight excluding hydrogens is 342 g/mol. The maximum absolute atomic E-state index is 12.5. The highest BCUT2D eigenvalue weighted by atomic mass is 16.5. The molecule has 138 valence electrons. The molecule has 1 N–H and O–H groups in total. The second kappa shape index (κ2) is 6.06. The molecule has 7 heteroatoms. The standard InChI is InChI=1S/C20H21N5O2/c1-24-17(26)12-27-16-11-25(19-15-7-9-21-18(15)22-13-23-19)10-8-20(16,24)14-5-3-2-4-6-14/h2-7,9,13,16H,8,10-12H2,1H3,(H,21,22,23)/t16-,20+/m1/s1. The SMILES string of the molecule is CN1C(=O)CO[C@@H]2CN(c3ncnc4[nH]ccc34)CC[C@]21c1ccccc1. The summed E-state index contributed by atoms with van der Waals surface area (Å²) >= 11 is 0. The van der Waals surface area contributed by atoms with Crippen LogP contribution in [0.15, 0.2) is 48.9 Å². The Kier molecular flexibility index (Phi) is 3.65. The first kappa shape index (κ1) is 16.3. The number of anilines is 1. The Morgan fingerprint density at radius 3 is 2.93 bits per heavy atom. The molecule has 5 rings (SSSR count). The minimum Gasteiger partial charge on any atom is -0.364 e. The van der Waals surface area contributed by atoms with Crippen LogP contribution in [0.4, 0.5) is 5.82 Å². The van der Waals surface area contributed by atoms with Crippen LogP contribution in [-0.2, 0) is 15.1 Å². The Labute approximate surface area is 157 Å². The molecule has 2 aliphatic rings. The number of carbonyl (C=O) groups is 1. The quantitative estimate of drug-likeness (QED) is 0.753. The summed E-state index contributed by atoms with van der Waals surface area (Å²) in [7, 11) is 1.90. The van der Waals surface area contributed by atoms with Gasteiger partial charge in [-0.15, -0.1) is 0 Å². The van der Waals surface area contributed by atoms with E-state index in [4.69, 9.17) is 4.74 Å². The zero-order valence-corrected chi connectivity index (χ0v) is 15.1. The second-order valence-electron chi connectivity index (χ2n) is 7.18. The number of carbonyl (C=O) groups excluding carboxylic acids is 1. The van der Waals surface area contributed by atoms with Crippen molar-refractivity contribution in [1.29, 1.82) is 0 Å². The number of ether oxygens (including phenoxy) is 1. The third-order valence-corrected chi connectivity index (χ3v) is 5.97. The van der Waals surface area contributed by atoms with E-state index in [1.165, 1.54) is 0 Å². The van der Waals surface area contributed by atoms with Gasteiger partial charge in [0.05, 0.1) is 10.9 Å². The predicted molar refractivity (Wildman–Crippen MR) is 101 cm³/mol. The van der Waals surface area contributed by atoms with Gasteiger partial charge in [0.2, 0.25) is 5.91 Å². The molecule has 1 aromatic carbocycles. The Morgan fingerprint density at radius 1 is 1.22 bits per heavy atom. The number of hydrogen-bond acceptors (Lipinski definition) is 5. The number of aromatic nitrogens is 3. The fourth-order valence-corrected chi connectivity index (χ4v) is 4.53. The average molecular weight is 363 g/mol. The van der Waals surface area contributed by atoms with Gasteiger partial charge in [-0.2, -0.15) is 0 Å². The Bertz CT molecular complexity index is 988. The minimum absolute atomic E-state index is 0.0265. The molecule has 2 atom stereocenters. The van der Waals surface area contributed by atoms with Crippen molar-refractivity contribution in [3.05, 3.63) is 54.5 Å². The van der Waals surface area contributed by atoms with Crippen molar-refractivity contribution in [2.75, 3.05) is 31.6 Å². The number of aromatic amines is 1. The predicted octanol–water partition coefficient (Wildman–Crippen LogP) is 1.92. The highest BCUT2D eigenvalue weighted by Crippen LogP contribution is 2.43. The highest BCUT2D eigenvalue weighted by Gasteiger charge is 2.52. The van der Waals surface area contributed by atoms with Crippen molar-refractivity contribution < 1.29 is 9.53 Å². The third kappa shape index (κ3) is 2.35. The summed E-state index contributed by atoms with van der Waals surface area (Å²) in [5.74, 6) is 0.935. The molecule has 0 saturated carbocycles. The van der Waals surface area contributed by atoms with Crippen LogP contribution in [-0.4, -0.2) is 58.6 Å². The van der Waals surface area contributed by atoms with Crippen LogP contribution in [0, 0.1) is 0 Å². The van der Waals surface area contributed by atoms with E-state index in [-0.39, 0.29) is 18.6 Å². The van der Waals surface area contributed by atoms with Crippen LogP contribution >= 0.6 is 0 Å². The van der Waals surface area contributed by atoms with Crippen LogP contribution < -0.4 is 4.90 Å². The summed E-state index contributed by atoms with van der Waals surface area (Å²) in [6.45, 7) is 1.57. The van der Waals surface area contributed by atoms with Gasteiger partial charge < -0.3 is 19.5 Å². The number of morpholine rings is 1. The van der Waals surface area contributed by atoms with Crippen LogP contribution in [0.1, 0.15) is 12.0 Å². The highest BCUT2D eigenvalue weighted by molar-refractivity contribution is 5.87. The largest absolute Gasteiger partial charge is 0.364 e. The van der Waals surface area contributed by atoms with Gasteiger partial charge in [-0.25, -0.2) is 9.97 Å². The van der Waals surface area contributed by atoms with E-state index in [0.717, 1.165) is 35.4 Å². The first-order chi connectivity index (χ1) is 13.2. The number of benzene rings is 1. The van der Waals surface area contributed by atoms with E-state index in [9.17, 15) is 4.79 Å². The third-order valence-electron chi connectivity index (χ3n) is 5.97. The lowest BCUT2D eigenvalue weighted by atomic mass is 9.76. The Balaban J connectivity index is 1.55. The fourth-order valence-electron chi connectivity index (χ4n) is 4.53. The molecule has 2 saturated heterocycles. The smallest absolute Gasteiger partial charge is 0.249 e. The maximum atomic E-state index is 12.5. The number of nitrogens with one attached hydrogen (secondary N) is 1. The van der Waals surface area contributed by atoms with E-state index in [2.05, 4.69) is 32.0 Å². The molecule has 2 fully saturated rings. The number of nitrogens with zero attached hydrogens (tertiary/aromatic N) is 4. The normalized spacial score (nSPS) is 25.7. The number of H-pyrrole nitrogens is 1. The topological polar surface area (TPSA) is 74.3 Å². The zero-order chi connectivity index (χ0) is 18.4. The monoisotopic (exact) mass is 363 g/mol. The van der Waals surface area contributed by atoms with Crippen LogP contribution in [0.3, 0.4) is 0 Å². The summed E-state index contributed by atoms with van der Waals surface area (Å²) in [5, 5.41) is 1.00. The lowest BCUT2D eigenvalue weighted by Gasteiger charge is -2.55. The minimum atomic E-state index is -0.447. The van der Waals surface area contributed by atoms with Crippen LogP contribution in [0.25, 0.3) is 11.0 Å². The van der Waals surface area contributed by atoms with Crippen molar-refractivity contribution in [2.45, 2.75) is 18.1 Å². The van der Waals surface area contributed by atoms with E-state index >= 15 is 0 Å². The first-order valence-electron chi connectivity index (χ1n) is 9.17. The fraction of sp³-hybridized carbons (Fsp3) is 0.350. The number of fused-ring (bicyclic) bond motifs is 2. The molecule has 0 bridgehead atoms.